The Kier molecular flexibility index (Phi) is 8.47. The van der Waals surface area contributed by atoms with Crippen LogP contribution in [0.2, 0.25) is 0 Å². The Labute approximate surface area is 255 Å². The Morgan fingerprint density at radius 1 is 1.26 bits per heavy atom. The van der Waals surface area contributed by atoms with Crippen molar-refractivity contribution in [3.63, 3.8) is 0 Å². The first kappa shape index (κ1) is 31.7. The van der Waals surface area contributed by atoms with Crippen LogP contribution in [-0.4, -0.2) is 81.9 Å². The van der Waals surface area contributed by atoms with Gasteiger partial charge in [0.15, 0.2) is 17.5 Å². The number of carboxylic acid groups (broad SMARTS) is 1. The Morgan fingerprint density at radius 3 is 2.47 bits per heavy atom. The number of aryl methyl sites for hydroxylation is 1. The highest BCUT2D eigenvalue weighted by Gasteiger charge is 2.55. The number of aliphatic carboxylic acids is 1. The van der Waals surface area contributed by atoms with Crippen molar-refractivity contribution in [1.82, 2.24) is 24.3 Å². The first-order valence-corrected chi connectivity index (χ1v) is 14.8. The van der Waals surface area contributed by atoms with E-state index >= 15 is 0 Å². The number of ether oxygens (including phenoxy) is 1. The predicted molar refractivity (Wildman–Crippen MR) is 156 cm³/mol. The second kappa shape index (κ2) is 11.5. The molecule has 0 unspecified atom stereocenters. The van der Waals surface area contributed by atoms with E-state index in [1.165, 1.54) is 25.6 Å². The monoisotopic (exact) mass is 636 g/mol. The maximum Gasteiger partial charge on any atom is 0.353 e. The normalized spacial score (nSPS) is 19.1. The van der Waals surface area contributed by atoms with Crippen LogP contribution < -0.4 is 21.5 Å². The molecule has 4 rings (SSSR count). The smallest absolute Gasteiger partial charge is 0.353 e. The predicted octanol–water partition coefficient (Wildman–Crippen LogP) is -0.0833. The number of fused-ring (bicyclic) bond motifs is 1. The third kappa shape index (κ3) is 6.43. The number of nitrogens with zero attached hydrogens (tertiary/aromatic N) is 6. The van der Waals surface area contributed by atoms with E-state index in [4.69, 9.17) is 21.0 Å². The first-order valence-electron chi connectivity index (χ1n) is 13.0. The van der Waals surface area contributed by atoms with Gasteiger partial charge in [-0.3, -0.25) is 14.5 Å². The molecule has 0 saturated carbocycles. The Hall–Kier alpha value is -4.19. The number of carboxylic acids is 1. The highest BCUT2D eigenvalue weighted by molar-refractivity contribution is 8.00. The van der Waals surface area contributed by atoms with Crippen molar-refractivity contribution in [2.45, 2.75) is 70.7 Å². The van der Waals surface area contributed by atoms with Crippen LogP contribution in [0.5, 0.6) is 0 Å². The average molecular weight is 637 g/mol. The summed E-state index contributed by atoms with van der Waals surface area (Å²) in [7, 11) is 1.75. The standard InChI is InChI=1S/C25H33N9O7S2/c1-11-8-33(32(7)16(11)26)9-12-10-42-20-14(19(36)34(20)15(12)21(37)38)28-18(35)13(17-29-23(27)43-31-17)30-41-25(5,6)22(39)40-24(2,3)4/h8,14,20,26H,9-10H2,1-7H3,(H4,27,28,29,31,35,37,38)/p+1/t14-,20-/m1/s1. The average Bonchev–Trinajstić information content (AvgIpc) is 3.43. The highest BCUT2D eigenvalue weighted by atomic mass is 32.2. The van der Waals surface area contributed by atoms with E-state index in [2.05, 4.69) is 19.8 Å². The molecule has 4 heterocycles. The van der Waals surface area contributed by atoms with Crippen LogP contribution in [0, 0.1) is 6.92 Å². The van der Waals surface area contributed by atoms with Crippen molar-refractivity contribution in [3.05, 3.63) is 28.9 Å². The highest BCUT2D eigenvalue weighted by Crippen LogP contribution is 2.40. The number of oxime groups is 1. The summed E-state index contributed by atoms with van der Waals surface area (Å²) in [6.45, 7) is 9.95. The number of esters is 1. The van der Waals surface area contributed by atoms with Crippen molar-refractivity contribution in [3.8, 4) is 0 Å². The molecule has 2 atom stereocenters. The van der Waals surface area contributed by atoms with E-state index in [0.29, 0.717) is 11.4 Å². The van der Waals surface area contributed by atoms with Gasteiger partial charge < -0.3 is 31.5 Å². The number of nitrogen functional groups attached to an aromatic ring is 2. The summed E-state index contributed by atoms with van der Waals surface area (Å²) in [5, 5.41) is 15.8. The number of carbonyl (C=O) groups excluding carboxylic acids is 3. The molecule has 43 heavy (non-hydrogen) atoms. The molecule has 1 fully saturated rings. The number of nitrogens with one attached hydrogen (secondary N) is 1. The number of carbonyl (C=O) groups is 4. The van der Waals surface area contributed by atoms with Crippen LogP contribution in [0.4, 0.5) is 10.9 Å². The van der Waals surface area contributed by atoms with Gasteiger partial charge in [0, 0.05) is 22.9 Å². The van der Waals surface area contributed by atoms with Crippen LogP contribution in [0.15, 0.2) is 22.6 Å². The van der Waals surface area contributed by atoms with Crippen molar-refractivity contribution < 1.29 is 38.5 Å². The molecule has 6 N–H and O–H groups in total. The molecular weight excluding hydrogens is 602 g/mol. The molecule has 0 aliphatic carbocycles. The minimum atomic E-state index is -1.60. The lowest BCUT2D eigenvalue weighted by molar-refractivity contribution is -0.765. The lowest BCUT2D eigenvalue weighted by Crippen LogP contribution is -2.71. The molecule has 2 amide bonds. The van der Waals surface area contributed by atoms with Gasteiger partial charge in [-0.05, 0) is 41.5 Å². The molecule has 2 aliphatic heterocycles. The molecule has 232 valence electrons. The van der Waals surface area contributed by atoms with Crippen LogP contribution in [0.3, 0.4) is 0 Å². The van der Waals surface area contributed by atoms with E-state index in [-0.39, 0.29) is 29.0 Å². The van der Waals surface area contributed by atoms with Crippen molar-refractivity contribution in [2.75, 3.05) is 17.2 Å². The van der Waals surface area contributed by atoms with E-state index < -0.39 is 52.1 Å². The number of nitrogens with two attached hydrogens (primary N) is 2. The zero-order chi connectivity index (χ0) is 32.0. The van der Waals surface area contributed by atoms with E-state index in [9.17, 15) is 24.3 Å². The lowest BCUT2D eigenvalue weighted by atomic mass is 10.0. The fraction of sp³-hybridized carbons (Fsp3) is 0.520. The molecule has 2 aromatic rings. The minimum Gasteiger partial charge on any atom is -0.477 e. The number of thioether (sulfide) groups is 1. The maximum absolute atomic E-state index is 13.4. The summed E-state index contributed by atoms with van der Waals surface area (Å²) in [4.78, 5) is 62.2. The molecule has 2 aromatic heterocycles. The number of aromatic nitrogens is 4. The molecule has 0 spiro atoms. The van der Waals surface area contributed by atoms with Gasteiger partial charge in [-0.1, -0.05) is 5.16 Å². The number of amides is 2. The fourth-order valence-electron chi connectivity index (χ4n) is 4.24. The second-order valence-corrected chi connectivity index (χ2v) is 13.3. The van der Waals surface area contributed by atoms with Gasteiger partial charge in [-0.25, -0.2) is 9.59 Å². The first-order chi connectivity index (χ1) is 19.9. The Bertz CT molecular complexity index is 1550. The van der Waals surface area contributed by atoms with E-state index in [1.54, 1.807) is 43.4 Å². The van der Waals surface area contributed by atoms with Gasteiger partial charge in [-0.15, -0.1) is 21.1 Å². The second-order valence-electron chi connectivity index (χ2n) is 11.4. The zero-order valence-electron chi connectivity index (χ0n) is 24.7. The number of β-lactam (4-membered cyclic amide) rings is 1. The van der Waals surface area contributed by atoms with Crippen molar-refractivity contribution >= 4 is 63.7 Å². The summed E-state index contributed by atoms with van der Waals surface area (Å²) in [6, 6.07) is -1.07. The largest absolute Gasteiger partial charge is 0.477 e. The summed E-state index contributed by atoms with van der Waals surface area (Å²) in [5.41, 5.74) is 10.1. The van der Waals surface area contributed by atoms with Crippen molar-refractivity contribution in [2.24, 2.45) is 12.2 Å². The summed E-state index contributed by atoms with van der Waals surface area (Å²) >= 11 is 2.11. The third-order valence-electron chi connectivity index (χ3n) is 6.49. The summed E-state index contributed by atoms with van der Waals surface area (Å²) in [6.07, 6.45) is 1.80. The molecule has 1 saturated heterocycles. The van der Waals surface area contributed by atoms with E-state index in [0.717, 1.165) is 22.0 Å². The molecule has 16 nitrogen and oxygen atoms in total. The quantitative estimate of drug-likeness (QED) is 0.0933. The Balaban J connectivity index is 1.55. The summed E-state index contributed by atoms with van der Waals surface area (Å²) < 4.78 is 12.8. The molecule has 0 aromatic carbocycles. The number of hydrogen-bond donors (Lipinski definition) is 4. The summed E-state index contributed by atoms with van der Waals surface area (Å²) in [5.74, 6) is -2.84. The van der Waals surface area contributed by atoms with Gasteiger partial charge in [0.2, 0.25) is 23.3 Å². The van der Waals surface area contributed by atoms with E-state index in [1.807, 2.05) is 6.92 Å². The van der Waals surface area contributed by atoms with Gasteiger partial charge >= 0.3 is 11.9 Å². The van der Waals surface area contributed by atoms with Crippen molar-refractivity contribution in [1.29, 1.82) is 0 Å². The van der Waals surface area contributed by atoms with Gasteiger partial charge in [0.1, 0.15) is 22.7 Å². The topological polar surface area (TPSA) is 221 Å². The molecule has 18 heteroatoms. The molecular formula is C25H34N9O7S2+. The molecule has 0 bridgehead atoms. The van der Waals surface area contributed by atoms with Gasteiger partial charge in [-0.2, -0.15) is 9.36 Å². The maximum atomic E-state index is 13.4. The number of hydrogen-bond acceptors (Lipinski definition) is 13. The number of anilines is 2. The lowest BCUT2D eigenvalue weighted by Gasteiger charge is -2.49. The minimum absolute atomic E-state index is 0.0486. The number of rotatable bonds is 9. The Morgan fingerprint density at radius 2 is 1.93 bits per heavy atom. The fourth-order valence-corrected chi connectivity index (χ4v) is 6.01. The zero-order valence-corrected chi connectivity index (χ0v) is 26.3. The van der Waals surface area contributed by atoms with Crippen LogP contribution in [0.25, 0.3) is 0 Å². The van der Waals surface area contributed by atoms with Crippen LogP contribution in [0.1, 0.15) is 46.0 Å². The molecule has 2 aliphatic rings. The third-order valence-corrected chi connectivity index (χ3v) is 8.38. The van der Waals surface area contributed by atoms with Gasteiger partial charge in [0.25, 0.3) is 11.8 Å². The molecule has 0 radical (unpaired) electrons. The van der Waals surface area contributed by atoms with Crippen LogP contribution in [-0.2, 0) is 42.3 Å². The van der Waals surface area contributed by atoms with Crippen LogP contribution >= 0.6 is 23.3 Å². The SMILES string of the molecule is Cc1c[n+](CC2=C(C(=O)O)N3C(=O)[C@@H](NC(=O)C(=NOC(C)(C)C(=O)OC(C)(C)C)c4nsc(N)n4)[C@H]3SC2)n(C)c1N. The van der Waals surface area contributed by atoms with Gasteiger partial charge in [0.05, 0.1) is 12.6 Å².